The molecule has 5 nitrogen and oxygen atoms in total. The second-order valence-corrected chi connectivity index (χ2v) is 5.18. The molecule has 1 fully saturated rings. The fourth-order valence-corrected chi connectivity index (χ4v) is 2.33. The first kappa shape index (κ1) is 14.9. The first-order valence-electron chi connectivity index (χ1n) is 7.46. The number of furan rings is 1. The molecule has 112 valence electrons. The molecule has 0 radical (unpaired) electrons. The minimum Gasteiger partial charge on any atom is -0.467 e. The molecule has 1 unspecified atom stereocenters. The van der Waals surface area contributed by atoms with Gasteiger partial charge < -0.3 is 19.4 Å². The van der Waals surface area contributed by atoms with Crippen LogP contribution in [-0.4, -0.2) is 36.7 Å². The number of rotatable bonds is 7. The van der Waals surface area contributed by atoms with Crippen LogP contribution in [0.3, 0.4) is 0 Å². The highest BCUT2D eigenvalue weighted by atomic mass is 16.5. The molecule has 2 rings (SSSR count). The third-order valence-electron chi connectivity index (χ3n) is 3.47. The van der Waals surface area contributed by atoms with Gasteiger partial charge in [0.2, 0.25) is 0 Å². The van der Waals surface area contributed by atoms with E-state index in [0.717, 1.165) is 44.6 Å². The van der Waals surface area contributed by atoms with Crippen molar-refractivity contribution < 1.29 is 13.9 Å². The lowest BCUT2D eigenvalue weighted by atomic mass is 10.2. The summed E-state index contributed by atoms with van der Waals surface area (Å²) in [4.78, 5) is 14.0. The lowest BCUT2D eigenvalue weighted by Crippen LogP contribution is -2.43. The van der Waals surface area contributed by atoms with Crippen LogP contribution in [0.4, 0.5) is 4.79 Å². The van der Waals surface area contributed by atoms with Gasteiger partial charge in [-0.25, -0.2) is 4.79 Å². The Hall–Kier alpha value is -1.49. The van der Waals surface area contributed by atoms with Crippen LogP contribution >= 0.6 is 0 Å². The maximum absolute atomic E-state index is 12.2. The number of hydrogen-bond donors (Lipinski definition) is 1. The molecule has 2 amide bonds. The predicted molar refractivity (Wildman–Crippen MR) is 76.4 cm³/mol. The summed E-state index contributed by atoms with van der Waals surface area (Å²) in [6, 6.07) is 3.70. The standard InChI is InChI=1S/C15H24N2O3/c1-2-3-8-16-15(18)17(11-13-6-4-9-19-13)12-14-7-5-10-20-14/h4,6,9,14H,2-3,5,7-8,10-12H2,1H3,(H,16,18). The van der Waals surface area contributed by atoms with E-state index >= 15 is 0 Å². The fourth-order valence-electron chi connectivity index (χ4n) is 2.33. The summed E-state index contributed by atoms with van der Waals surface area (Å²) >= 11 is 0. The summed E-state index contributed by atoms with van der Waals surface area (Å²) < 4.78 is 11.0. The summed E-state index contributed by atoms with van der Waals surface area (Å²) in [5, 5.41) is 2.96. The largest absolute Gasteiger partial charge is 0.467 e. The van der Waals surface area contributed by atoms with E-state index < -0.39 is 0 Å². The van der Waals surface area contributed by atoms with E-state index in [1.54, 1.807) is 11.2 Å². The Balaban J connectivity index is 1.89. The summed E-state index contributed by atoms with van der Waals surface area (Å²) in [6.45, 7) is 4.74. The minimum atomic E-state index is -0.0367. The van der Waals surface area contributed by atoms with Crippen molar-refractivity contribution >= 4 is 6.03 Å². The average molecular weight is 280 g/mol. The van der Waals surface area contributed by atoms with Gasteiger partial charge in [-0.05, 0) is 31.4 Å². The molecule has 0 aliphatic carbocycles. The minimum absolute atomic E-state index is 0.0367. The second-order valence-electron chi connectivity index (χ2n) is 5.18. The van der Waals surface area contributed by atoms with E-state index in [4.69, 9.17) is 9.15 Å². The molecule has 0 bridgehead atoms. The van der Waals surface area contributed by atoms with Crippen LogP contribution in [0.1, 0.15) is 38.4 Å². The molecular weight excluding hydrogens is 256 g/mol. The topological polar surface area (TPSA) is 54.7 Å². The summed E-state index contributed by atoms with van der Waals surface area (Å²) in [5.74, 6) is 0.800. The van der Waals surface area contributed by atoms with Crippen LogP contribution in [-0.2, 0) is 11.3 Å². The van der Waals surface area contributed by atoms with Crippen molar-refractivity contribution in [3.8, 4) is 0 Å². The van der Waals surface area contributed by atoms with E-state index in [-0.39, 0.29) is 12.1 Å². The van der Waals surface area contributed by atoms with E-state index in [2.05, 4.69) is 12.2 Å². The zero-order chi connectivity index (χ0) is 14.2. The van der Waals surface area contributed by atoms with Crippen LogP contribution in [0.5, 0.6) is 0 Å². The number of unbranched alkanes of at least 4 members (excludes halogenated alkanes) is 1. The summed E-state index contributed by atoms with van der Waals surface area (Å²) in [5.41, 5.74) is 0. The Kier molecular flexibility index (Phi) is 5.92. The number of urea groups is 1. The van der Waals surface area contributed by atoms with Gasteiger partial charge in [-0.3, -0.25) is 0 Å². The zero-order valence-corrected chi connectivity index (χ0v) is 12.1. The van der Waals surface area contributed by atoms with Crippen molar-refractivity contribution in [2.45, 2.75) is 45.3 Å². The highest BCUT2D eigenvalue weighted by Crippen LogP contribution is 2.15. The number of carbonyl (C=O) groups is 1. The molecule has 1 aromatic heterocycles. The maximum atomic E-state index is 12.2. The van der Waals surface area contributed by atoms with Crippen LogP contribution < -0.4 is 5.32 Å². The number of hydrogen-bond acceptors (Lipinski definition) is 3. The molecule has 20 heavy (non-hydrogen) atoms. The number of ether oxygens (including phenoxy) is 1. The van der Waals surface area contributed by atoms with Gasteiger partial charge in [-0.15, -0.1) is 0 Å². The van der Waals surface area contributed by atoms with E-state index in [9.17, 15) is 4.79 Å². The van der Waals surface area contributed by atoms with Crippen molar-refractivity contribution in [2.75, 3.05) is 19.7 Å². The first-order chi connectivity index (χ1) is 9.79. The maximum Gasteiger partial charge on any atom is 0.317 e. The molecule has 0 aromatic carbocycles. The normalized spacial score (nSPS) is 18.1. The predicted octanol–water partition coefficient (Wildman–Crippen LogP) is 2.77. The Morgan fingerprint density at radius 1 is 1.55 bits per heavy atom. The Morgan fingerprint density at radius 3 is 3.10 bits per heavy atom. The summed E-state index contributed by atoms with van der Waals surface area (Å²) in [7, 11) is 0. The number of amides is 2. The highest BCUT2D eigenvalue weighted by molar-refractivity contribution is 5.74. The number of carbonyl (C=O) groups excluding carboxylic acids is 1. The van der Waals surface area contributed by atoms with Crippen molar-refractivity contribution in [3.05, 3.63) is 24.2 Å². The molecule has 0 spiro atoms. The second kappa shape index (κ2) is 7.94. The third kappa shape index (κ3) is 4.56. The molecule has 1 saturated heterocycles. The van der Waals surface area contributed by atoms with Crippen molar-refractivity contribution in [3.63, 3.8) is 0 Å². The van der Waals surface area contributed by atoms with Gasteiger partial charge in [0.05, 0.1) is 18.9 Å². The molecular formula is C15H24N2O3. The molecule has 1 aliphatic rings. The van der Waals surface area contributed by atoms with Crippen molar-refractivity contribution in [1.29, 1.82) is 0 Å². The molecule has 1 aromatic rings. The van der Waals surface area contributed by atoms with Crippen LogP contribution in [0.25, 0.3) is 0 Å². The lowest BCUT2D eigenvalue weighted by molar-refractivity contribution is 0.0777. The Bertz CT molecular complexity index is 386. The average Bonchev–Trinajstić information content (AvgIpc) is 3.11. The zero-order valence-electron chi connectivity index (χ0n) is 12.1. The molecule has 1 aliphatic heterocycles. The molecule has 5 heteroatoms. The van der Waals surface area contributed by atoms with Crippen LogP contribution in [0.15, 0.2) is 22.8 Å². The Morgan fingerprint density at radius 2 is 2.45 bits per heavy atom. The number of nitrogens with zero attached hydrogens (tertiary/aromatic N) is 1. The fraction of sp³-hybridized carbons (Fsp3) is 0.667. The van der Waals surface area contributed by atoms with Gasteiger partial charge >= 0.3 is 6.03 Å². The molecule has 1 atom stereocenters. The van der Waals surface area contributed by atoms with Crippen molar-refractivity contribution in [2.24, 2.45) is 0 Å². The van der Waals surface area contributed by atoms with Crippen LogP contribution in [0, 0.1) is 0 Å². The molecule has 2 heterocycles. The third-order valence-corrected chi connectivity index (χ3v) is 3.47. The van der Waals surface area contributed by atoms with Gasteiger partial charge in [0.25, 0.3) is 0 Å². The monoisotopic (exact) mass is 280 g/mol. The highest BCUT2D eigenvalue weighted by Gasteiger charge is 2.23. The smallest absolute Gasteiger partial charge is 0.317 e. The molecule has 0 saturated carbocycles. The van der Waals surface area contributed by atoms with Gasteiger partial charge in [0.15, 0.2) is 0 Å². The summed E-state index contributed by atoms with van der Waals surface area (Å²) in [6.07, 6.45) is 5.97. The first-order valence-corrected chi connectivity index (χ1v) is 7.46. The van der Waals surface area contributed by atoms with E-state index in [1.165, 1.54) is 0 Å². The SMILES string of the molecule is CCCCNC(=O)N(Cc1ccco1)CC1CCCO1. The number of nitrogens with one attached hydrogen (secondary N) is 1. The lowest BCUT2D eigenvalue weighted by Gasteiger charge is -2.25. The Labute approximate surface area is 120 Å². The van der Waals surface area contributed by atoms with Crippen LogP contribution in [0.2, 0.25) is 0 Å². The van der Waals surface area contributed by atoms with Crippen molar-refractivity contribution in [1.82, 2.24) is 10.2 Å². The quantitative estimate of drug-likeness (QED) is 0.781. The molecule has 1 N–H and O–H groups in total. The van der Waals surface area contributed by atoms with Gasteiger partial charge in [0.1, 0.15) is 5.76 Å². The van der Waals surface area contributed by atoms with Gasteiger partial charge in [-0.1, -0.05) is 13.3 Å². The van der Waals surface area contributed by atoms with Gasteiger partial charge in [-0.2, -0.15) is 0 Å². The van der Waals surface area contributed by atoms with Gasteiger partial charge in [0, 0.05) is 19.7 Å². The van der Waals surface area contributed by atoms with E-state index in [1.807, 2.05) is 12.1 Å². The van der Waals surface area contributed by atoms with E-state index in [0.29, 0.717) is 13.1 Å².